The van der Waals surface area contributed by atoms with Crippen LogP contribution in [0.2, 0.25) is 0 Å². The first kappa shape index (κ1) is 14.1. The van der Waals surface area contributed by atoms with E-state index in [9.17, 15) is 12.8 Å². The second-order valence-electron chi connectivity index (χ2n) is 4.25. The standard InChI is InChI=1S/C12H18FNO2S/c1-4-9(2)10(3)14-17(15,16)12-7-5-11(13)6-8-12/h5-10,14H,4H2,1-3H3. The van der Waals surface area contributed by atoms with Crippen molar-refractivity contribution < 1.29 is 12.8 Å². The Balaban J connectivity index is 2.85. The van der Waals surface area contributed by atoms with E-state index in [1.807, 2.05) is 20.8 Å². The molecular formula is C12H18FNO2S. The van der Waals surface area contributed by atoms with Gasteiger partial charge in [-0.25, -0.2) is 17.5 Å². The lowest BCUT2D eigenvalue weighted by molar-refractivity contribution is 0.434. The minimum atomic E-state index is -3.55. The summed E-state index contributed by atoms with van der Waals surface area (Å²) in [5.74, 6) is -0.191. The molecule has 0 aliphatic carbocycles. The molecule has 1 aromatic carbocycles. The molecular weight excluding hydrogens is 241 g/mol. The highest BCUT2D eigenvalue weighted by atomic mass is 32.2. The molecule has 17 heavy (non-hydrogen) atoms. The van der Waals surface area contributed by atoms with Crippen LogP contribution in [0.3, 0.4) is 0 Å². The predicted octanol–water partition coefficient (Wildman–Crippen LogP) is 2.54. The van der Waals surface area contributed by atoms with Crippen molar-refractivity contribution in [3.05, 3.63) is 30.1 Å². The van der Waals surface area contributed by atoms with Crippen LogP contribution in [0, 0.1) is 11.7 Å². The van der Waals surface area contributed by atoms with Gasteiger partial charge in [-0.3, -0.25) is 0 Å². The summed E-state index contributed by atoms with van der Waals surface area (Å²) >= 11 is 0. The Morgan fingerprint density at radius 1 is 1.24 bits per heavy atom. The van der Waals surface area contributed by atoms with Crippen LogP contribution < -0.4 is 4.72 Å². The van der Waals surface area contributed by atoms with Gasteiger partial charge in [0.25, 0.3) is 0 Å². The monoisotopic (exact) mass is 259 g/mol. The van der Waals surface area contributed by atoms with Crippen LogP contribution in [0.4, 0.5) is 4.39 Å². The van der Waals surface area contributed by atoms with Gasteiger partial charge in [0.05, 0.1) is 4.90 Å². The first-order chi connectivity index (χ1) is 7.86. The van der Waals surface area contributed by atoms with Crippen LogP contribution in [0.25, 0.3) is 0 Å². The van der Waals surface area contributed by atoms with E-state index in [0.29, 0.717) is 0 Å². The summed E-state index contributed by atoms with van der Waals surface area (Å²) in [6, 6.07) is 4.67. The summed E-state index contributed by atoms with van der Waals surface area (Å²) < 4.78 is 39.2. The number of halogens is 1. The number of sulfonamides is 1. The van der Waals surface area contributed by atoms with Crippen LogP contribution in [0.1, 0.15) is 27.2 Å². The van der Waals surface area contributed by atoms with Crippen LogP contribution >= 0.6 is 0 Å². The van der Waals surface area contributed by atoms with Crippen LogP contribution in [-0.2, 0) is 10.0 Å². The van der Waals surface area contributed by atoms with E-state index in [-0.39, 0.29) is 16.9 Å². The van der Waals surface area contributed by atoms with E-state index < -0.39 is 15.8 Å². The maximum atomic E-state index is 12.7. The van der Waals surface area contributed by atoms with Gasteiger partial charge < -0.3 is 0 Å². The lowest BCUT2D eigenvalue weighted by Gasteiger charge is -2.19. The molecule has 0 heterocycles. The van der Waals surface area contributed by atoms with Gasteiger partial charge in [0.1, 0.15) is 5.82 Å². The van der Waals surface area contributed by atoms with Crippen molar-refractivity contribution >= 4 is 10.0 Å². The molecule has 1 aromatic rings. The first-order valence-corrected chi connectivity index (χ1v) is 7.13. The summed E-state index contributed by atoms with van der Waals surface area (Å²) in [6.45, 7) is 5.82. The number of benzene rings is 1. The third kappa shape index (κ3) is 3.78. The van der Waals surface area contributed by atoms with Gasteiger partial charge in [0.2, 0.25) is 10.0 Å². The van der Waals surface area contributed by atoms with E-state index in [0.717, 1.165) is 18.6 Å². The Hall–Kier alpha value is -0.940. The fraction of sp³-hybridized carbons (Fsp3) is 0.500. The highest BCUT2D eigenvalue weighted by Gasteiger charge is 2.20. The van der Waals surface area contributed by atoms with Gasteiger partial charge in [-0.1, -0.05) is 20.3 Å². The second-order valence-corrected chi connectivity index (χ2v) is 5.96. The molecule has 96 valence electrons. The molecule has 1 rings (SSSR count). The van der Waals surface area contributed by atoms with Gasteiger partial charge in [0.15, 0.2) is 0 Å². The smallest absolute Gasteiger partial charge is 0.208 e. The Morgan fingerprint density at radius 2 is 1.76 bits per heavy atom. The molecule has 0 saturated carbocycles. The molecule has 2 unspecified atom stereocenters. The van der Waals surface area contributed by atoms with Crippen LogP contribution in [0.15, 0.2) is 29.2 Å². The molecule has 2 atom stereocenters. The molecule has 0 spiro atoms. The number of rotatable bonds is 5. The van der Waals surface area contributed by atoms with Crippen LogP contribution in [-0.4, -0.2) is 14.5 Å². The molecule has 0 aromatic heterocycles. The number of hydrogen-bond donors (Lipinski definition) is 1. The minimum Gasteiger partial charge on any atom is -0.208 e. The summed E-state index contributed by atoms with van der Waals surface area (Å²) in [4.78, 5) is 0.0917. The topological polar surface area (TPSA) is 46.2 Å². The van der Waals surface area contributed by atoms with Gasteiger partial charge in [-0.2, -0.15) is 0 Å². The SMILES string of the molecule is CCC(C)C(C)NS(=O)(=O)c1ccc(F)cc1. The van der Waals surface area contributed by atoms with E-state index in [2.05, 4.69) is 4.72 Å². The zero-order valence-electron chi connectivity index (χ0n) is 10.3. The normalized spacial score (nSPS) is 15.5. The van der Waals surface area contributed by atoms with Crippen molar-refractivity contribution in [3.8, 4) is 0 Å². The van der Waals surface area contributed by atoms with Gasteiger partial charge in [-0.05, 0) is 37.1 Å². The molecule has 0 bridgehead atoms. The molecule has 1 N–H and O–H groups in total. The molecule has 0 saturated heterocycles. The minimum absolute atomic E-state index is 0.0917. The van der Waals surface area contributed by atoms with Crippen molar-refractivity contribution in [1.82, 2.24) is 4.72 Å². The second kappa shape index (κ2) is 5.60. The van der Waals surface area contributed by atoms with Crippen molar-refractivity contribution in [1.29, 1.82) is 0 Å². The quantitative estimate of drug-likeness (QED) is 0.883. The Kier molecular flexibility index (Phi) is 4.65. The summed E-state index contributed by atoms with van der Waals surface area (Å²) in [5, 5.41) is 0. The fourth-order valence-electron chi connectivity index (χ4n) is 1.40. The first-order valence-electron chi connectivity index (χ1n) is 5.64. The van der Waals surface area contributed by atoms with Gasteiger partial charge in [-0.15, -0.1) is 0 Å². The molecule has 0 fully saturated rings. The third-order valence-electron chi connectivity index (χ3n) is 2.96. The molecule has 5 heteroatoms. The molecule has 0 radical (unpaired) electrons. The number of hydrogen-bond acceptors (Lipinski definition) is 2. The zero-order valence-corrected chi connectivity index (χ0v) is 11.1. The number of nitrogens with one attached hydrogen (secondary N) is 1. The van der Waals surface area contributed by atoms with Crippen molar-refractivity contribution in [2.75, 3.05) is 0 Å². The van der Waals surface area contributed by atoms with E-state index in [1.54, 1.807) is 0 Å². The Morgan fingerprint density at radius 3 is 2.24 bits per heavy atom. The van der Waals surface area contributed by atoms with E-state index in [4.69, 9.17) is 0 Å². The summed E-state index contributed by atoms with van der Waals surface area (Å²) in [6.07, 6.45) is 0.896. The van der Waals surface area contributed by atoms with Crippen molar-refractivity contribution in [2.24, 2.45) is 5.92 Å². The molecule has 0 amide bonds. The lowest BCUT2D eigenvalue weighted by Crippen LogP contribution is -2.36. The third-order valence-corrected chi connectivity index (χ3v) is 4.54. The maximum absolute atomic E-state index is 12.7. The van der Waals surface area contributed by atoms with Crippen molar-refractivity contribution in [3.63, 3.8) is 0 Å². The molecule has 0 aliphatic heterocycles. The predicted molar refractivity (Wildman–Crippen MR) is 65.6 cm³/mol. The average molecular weight is 259 g/mol. The average Bonchev–Trinajstić information content (AvgIpc) is 2.27. The Bertz CT molecular complexity index is 456. The van der Waals surface area contributed by atoms with Gasteiger partial charge >= 0.3 is 0 Å². The zero-order chi connectivity index (χ0) is 13.1. The fourth-order valence-corrected chi connectivity index (χ4v) is 2.75. The van der Waals surface area contributed by atoms with E-state index in [1.165, 1.54) is 12.1 Å². The molecule has 3 nitrogen and oxygen atoms in total. The largest absolute Gasteiger partial charge is 0.240 e. The van der Waals surface area contributed by atoms with Crippen LogP contribution in [0.5, 0.6) is 0 Å². The van der Waals surface area contributed by atoms with Crippen molar-refractivity contribution in [2.45, 2.75) is 38.1 Å². The summed E-state index contributed by atoms with van der Waals surface area (Å²) in [5.41, 5.74) is 0. The highest BCUT2D eigenvalue weighted by Crippen LogP contribution is 2.13. The maximum Gasteiger partial charge on any atom is 0.240 e. The lowest BCUT2D eigenvalue weighted by atomic mass is 10.0. The molecule has 0 aliphatic rings. The van der Waals surface area contributed by atoms with E-state index >= 15 is 0 Å². The summed E-state index contributed by atoms with van der Waals surface area (Å²) in [7, 11) is -3.55. The highest BCUT2D eigenvalue weighted by molar-refractivity contribution is 7.89. The Labute approximate surface area is 102 Å². The van der Waals surface area contributed by atoms with Gasteiger partial charge in [0, 0.05) is 6.04 Å².